The Morgan fingerprint density at radius 1 is 1.11 bits per heavy atom. The van der Waals surface area contributed by atoms with Gasteiger partial charge in [0.05, 0.1) is 28.5 Å². The summed E-state index contributed by atoms with van der Waals surface area (Å²) < 4.78 is 12.2. The second-order valence-electron chi connectivity index (χ2n) is 7.93. The Morgan fingerprint density at radius 3 is 2.61 bits per heavy atom. The highest BCUT2D eigenvalue weighted by molar-refractivity contribution is 14.1. The Labute approximate surface area is 223 Å². The molecule has 3 aromatic rings. The lowest BCUT2D eigenvalue weighted by atomic mass is 10.1. The van der Waals surface area contributed by atoms with E-state index in [0.29, 0.717) is 28.3 Å². The van der Waals surface area contributed by atoms with E-state index in [9.17, 15) is 14.9 Å². The van der Waals surface area contributed by atoms with Crippen LogP contribution in [0, 0.1) is 28.7 Å². The number of carbonyl (C=O) groups is 2. The number of hydrazone groups is 1. The van der Waals surface area contributed by atoms with Crippen LogP contribution in [0.2, 0.25) is 0 Å². The zero-order chi connectivity index (χ0) is 26.1. The Kier molecular flexibility index (Phi) is 9.41. The van der Waals surface area contributed by atoms with Gasteiger partial charge < -0.3 is 14.8 Å². The Hall–Kier alpha value is -3.91. The zero-order valence-electron chi connectivity index (χ0n) is 20.1. The number of nitrogens with zero attached hydrogens (tertiary/aromatic N) is 2. The van der Waals surface area contributed by atoms with Gasteiger partial charge in [0, 0.05) is 11.3 Å². The summed E-state index contributed by atoms with van der Waals surface area (Å²) in [6.07, 6.45) is 1.10. The van der Waals surface area contributed by atoms with Crippen molar-refractivity contribution in [2.75, 3.05) is 12.4 Å². The average Bonchev–Trinajstić information content (AvgIpc) is 2.85. The van der Waals surface area contributed by atoms with Gasteiger partial charge in [-0.05, 0) is 71.8 Å². The Bertz CT molecular complexity index is 1350. The Balaban J connectivity index is 1.59. The fourth-order valence-corrected chi connectivity index (χ4v) is 4.15. The summed E-state index contributed by atoms with van der Waals surface area (Å²) in [5.74, 6) is 0.0590. The van der Waals surface area contributed by atoms with Crippen molar-refractivity contribution in [2.45, 2.75) is 26.9 Å². The van der Waals surface area contributed by atoms with Crippen LogP contribution in [0.25, 0.3) is 0 Å². The van der Waals surface area contributed by atoms with E-state index in [1.54, 1.807) is 18.2 Å². The van der Waals surface area contributed by atoms with Gasteiger partial charge in [0.1, 0.15) is 13.0 Å². The third kappa shape index (κ3) is 7.29. The SMILES string of the molecule is COc1cc(C=NNC(=O)CC(=O)Nc2ccc(C)cc2C)cc(I)c1OCc1ccccc1C#N. The molecule has 0 aliphatic rings. The Morgan fingerprint density at radius 2 is 1.89 bits per heavy atom. The van der Waals surface area contributed by atoms with Crippen LogP contribution >= 0.6 is 22.6 Å². The van der Waals surface area contributed by atoms with E-state index in [0.717, 1.165) is 20.3 Å². The van der Waals surface area contributed by atoms with Gasteiger partial charge in [-0.2, -0.15) is 10.4 Å². The first-order valence-corrected chi connectivity index (χ1v) is 12.1. The molecule has 0 aromatic heterocycles. The molecule has 8 nitrogen and oxygen atoms in total. The van der Waals surface area contributed by atoms with Crippen molar-refractivity contribution in [1.29, 1.82) is 5.26 Å². The highest BCUT2D eigenvalue weighted by Gasteiger charge is 2.13. The largest absolute Gasteiger partial charge is 0.493 e. The number of carbonyl (C=O) groups excluding carboxylic acids is 2. The fourth-order valence-electron chi connectivity index (χ4n) is 3.37. The van der Waals surface area contributed by atoms with Gasteiger partial charge in [0.25, 0.3) is 0 Å². The van der Waals surface area contributed by atoms with Crippen LogP contribution in [0.1, 0.15) is 34.2 Å². The quantitative estimate of drug-likeness (QED) is 0.159. The highest BCUT2D eigenvalue weighted by Crippen LogP contribution is 2.34. The van der Waals surface area contributed by atoms with Crippen LogP contribution in [0.4, 0.5) is 5.69 Å². The normalized spacial score (nSPS) is 10.5. The molecule has 0 fully saturated rings. The highest BCUT2D eigenvalue weighted by atomic mass is 127. The van der Waals surface area contributed by atoms with Gasteiger partial charge in [-0.25, -0.2) is 5.43 Å². The van der Waals surface area contributed by atoms with Gasteiger partial charge in [0.15, 0.2) is 11.5 Å². The number of amides is 2. The molecule has 0 aliphatic carbocycles. The molecule has 0 saturated carbocycles. The van der Waals surface area contributed by atoms with E-state index in [4.69, 9.17) is 9.47 Å². The molecule has 0 atom stereocenters. The molecule has 9 heteroatoms. The smallest absolute Gasteiger partial charge is 0.249 e. The van der Waals surface area contributed by atoms with E-state index < -0.39 is 11.8 Å². The van der Waals surface area contributed by atoms with Crippen LogP contribution in [0.15, 0.2) is 59.7 Å². The monoisotopic (exact) mass is 596 g/mol. The van der Waals surface area contributed by atoms with Crippen molar-refractivity contribution < 1.29 is 19.1 Å². The predicted molar refractivity (Wildman–Crippen MR) is 146 cm³/mol. The van der Waals surface area contributed by atoms with Crippen LogP contribution in [-0.4, -0.2) is 25.1 Å². The molecular formula is C27H25IN4O4. The second kappa shape index (κ2) is 12.7. The standard InChI is InChI=1S/C27H25IN4O4/c1-17-8-9-23(18(2)10-17)31-25(33)13-26(34)32-30-15-19-11-22(28)27(24(12-19)35-3)36-16-21-7-5-4-6-20(21)14-29/h4-12,15H,13,16H2,1-3H3,(H,31,33)(H,32,34). The minimum atomic E-state index is -0.536. The third-order valence-electron chi connectivity index (χ3n) is 5.14. The molecule has 3 rings (SSSR count). The molecule has 2 amide bonds. The molecule has 0 bridgehead atoms. The number of nitrogens with one attached hydrogen (secondary N) is 2. The second-order valence-corrected chi connectivity index (χ2v) is 9.09. The number of aryl methyl sites for hydroxylation is 2. The van der Waals surface area contributed by atoms with Crippen molar-refractivity contribution in [2.24, 2.45) is 5.10 Å². The lowest BCUT2D eigenvalue weighted by Crippen LogP contribution is -2.24. The summed E-state index contributed by atoms with van der Waals surface area (Å²) in [6, 6.07) is 18.6. The number of hydrogen-bond acceptors (Lipinski definition) is 6. The van der Waals surface area contributed by atoms with E-state index in [-0.39, 0.29) is 13.0 Å². The van der Waals surface area contributed by atoms with Crippen LogP contribution in [0.3, 0.4) is 0 Å². The van der Waals surface area contributed by atoms with Crippen LogP contribution in [0.5, 0.6) is 11.5 Å². The van der Waals surface area contributed by atoms with E-state index >= 15 is 0 Å². The van der Waals surface area contributed by atoms with Gasteiger partial charge in [-0.1, -0.05) is 35.9 Å². The number of benzene rings is 3. The molecule has 36 heavy (non-hydrogen) atoms. The minimum Gasteiger partial charge on any atom is -0.493 e. The molecule has 0 saturated heterocycles. The molecule has 0 aliphatic heterocycles. The van der Waals surface area contributed by atoms with Crippen molar-refractivity contribution >= 4 is 46.3 Å². The number of ether oxygens (including phenoxy) is 2. The van der Waals surface area contributed by atoms with Gasteiger partial charge >= 0.3 is 0 Å². The van der Waals surface area contributed by atoms with Crippen LogP contribution < -0.4 is 20.2 Å². The summed E-state index contributed by atoms with van der Waals surface area (Å²) >= 11 is 2.12. The molecule has 0 heterocycles. The van der Waals surface area contributed by atoms with E-state index in [2.05, 4.69) is 44.5 Å². The summed E-state index contributed by atoms with van der Waals surface area (Å²) in [5, 5.41) is 16.0. The van der Waals surface area contributed by atoms with Crippen molar-refractivity contribution in [1.82, 2.24) is 5.43 Å². The maximum absolute atomic E-state index is 12.2. The molecule has 0 spiro atoms. The summed E-state index contributed by atoms with van der Waals surface area (Å²) in [6.45, 7) is 4.07. The lowest BCUT2D eigenvalue weighted by Gasteiger charge is -2.14. The number of rotatable bonds is 9. The number of anilines is 1. The number of halogens is 1. The number of hydrogen-bond donors (Lipinski definition) is 2. The molecule has 184 valence electrons. The molecule has 3 aromatic carbocycles. The number of nitriles is 1. The first-order valence-electron chi connectivity index (χ1n) is 11.0. The summed E-state index contributed by atoms with van der Waals surface area (Å²) in [7, 11) is 1.53. The maximum atomic E-state index is 12.2. The molecule has 2 N–H and O–H groups in total. The van der Waals surface area contributed by atoms with Gasteiger partial charge in [-0.3, -0.25) is 9.59 Å². The minimum absolute atomic E-state index is 0.212. The topological polar surface area (TPSA) is 113 Å². The van der Waals surface area contributed by atoms with E-state index in [1.807, 2.05) is 50.2 Å². The van der Waals surface area contributed by atoms with Crippen molar-refractivity contribution in [3.8, 4) is 17.6 Å². The molecule has 0 radical (unpaired) electrons. The third-order valence-corrected chi connectivity index (χ3v) is 5.94. The van der Waals surface area contributed by atoms with Gasteiger partial charge in [-0.15, -0.1) is 0 Å². The van der Waals surface area contributed by atoms with Gasteiger partial charge in [0.2, 0.25) is 11.8 Å². The zero-order valence-corrected chi connectivity index (χ0v) is 22.3. The average molecular weight is 596 g/mol. The lowest BCUT2D eigenvalue weighted by molar-refractivity contribution is -0.126. The number of methoxy groups -OCH3 is 1. The summed E-state index contributed by atoms with van der Waals surface area (Å²) in [5.41, 5.74) is 7.04. The first kappa shape index (κ1) is 26.7. The van der Waals surface area contributed by atoms with Crippen LogP contribution in [-0.2, 0) is 16.2 Å². The summed E-state index contributed by atoms with van der Waals surface area (Å²) in [4.78, 5) is 24.3. The molecule has 0 unspecified atom stereocenters. The first-order chi connectivity index (χ1) is 17.3. The van der Waals surface area contributed by atoms with Crippen molar-refractivity contribution in [3.05, 3.63) is 86.0 Å². The van der Waals surface area contributed by atoms with E-state index in [1.165, 1.54) is 13.3 Å². The molecular weight excluding hydrogens is 571 g/mol. The fraction of sp³-hybridized carbons (Fsp3) is 0.185. The predicted octanol–water partition coefficient (Wildman–Crippen LogP) is 4.85. The van der Waals surface area contributed by atoms with Crippen molar-refractivity contribution in [3.63, 3.8) is 0 Å². The maximum Gasteiger partial charge on any atom is 0.249 e.